The Balaban J connectivity index is 2.85. The van der Waals surface area contributed by atoms with E-state index in [4.69, 9.17) is 0 Å². The summed E-state index contributed by atoms with van der Waals surface area (Å²) >= 11 is 0. The molecule has 0 aliphatic rings. The molecule has 2 rings (SSSR count). The fraction of sp³-hybridized carbons (Fsp3) is 0.0909. The normalized spacial score (nSPS) is 10.5. The highest BCUT2D eigenvalue weighted by Gasteiger charge is 2.15. The summed E-state index contributed by atoms with van der Waals surface area (Å²) in [5, 5.41) is -0.231. The maximum Gasteiger partial charge on any atom is 0.343 e. The van der Waals surface area contributed by atoms with Gasteiger partial charge in [0.05, 0.1) is 18.0 Å². The van der Waals surface area contributed by atoms with Crippen LogP contribution in [0.2, 0.25) is 0 Å². The van der Waals surface area contributed by atoms with Crippen LogP contribution in [-0.2, 0) is 4.74 Å². The molecule has 0 saturated heterocycles. The molecule has 88 valence electrons. The van der Waals surface area contributed by atoms with Crippen LogP contribution in [-0.4, -0.2) is 18.1 Å². The number of halogens is 2. The molecule has 0 fully saturated rings. The Labute approximate surface area is 93.8 Å². The van der Waals surface area contributed by atoms with Crippen molar-refractivity contribution in [2.24, 2.45) is 0 Å². The molecule has 0 radical (unpaired) electrons. The number of esters is 1. The van der Waals surface area contributed by atoms with Crippen molar-refractivity contribution in [3.05, 3.63) is 45.8 Å². The highest BCUT2D eigenvalue weighted by atomic mass is 19.1. The Bertz CT molecular complexity index is 664. The zero-order chi connectivity index (χ0) is 12.6. The van der Waals surface area contributed by atoms with Gasteiger partial charge in [0.1, 0.15) is 17.2 Å². The molecule has 17 heavy (non-hydrogen) atoms. The molecule has 2 aromatic rings. The van der Waals surface area contributed by atoms with Gasteiger partial charge in [-0.05, 0) is 6.07 Å². The maximum absolute atomic E-state index is 13.3. The topological polar surface area (TPSA) is 59.2 Å². The lowest BCUT2D eigenvalue weighted by molar-refractivity contribution is 0.0599. The standard InChI is InChI=1S/C11H7F2NO3/c1-17-11(16)7-4-14-9-6(10(7)15)2-5(12)3-8(9)13/h2-4H,1H3,(H,14,15). The lowest BCUT2D eigenvalue weighted by atomic mass is 10.1. The molecule has 0 spiro atoms. The number of carbonyl (C=O) groups excluding carboxylic acids is 1. The largest absolute Gasteiger partial charge is 0.465 e. The molecule has 0 atom stereocenters. The third kappa shape index (κ3) is 1.77. The predicted octanol–water partition coefficient (Wildman–Crippen LogP) is 1.59. The SMILES string of the molecule is COC(=O)c1c[nH]c2c(F)cc(F)cc2c1=O. The van der Waals surface area contributed by atoms with Crippen LogP contribution in [0.15, 0.2) is 23.1 Å². The van der Waals surface area contributed by atoms with Gasteiger partial charge in [-0.2, -0.15) is 0 Å². The predicted molar refractivity (Wildman–Crippen MR) is 55.8 cm³/mol. The van der Waals surface area contributed by atoms with Crippen molar-refractivity contribution in [2.75, 3.05) is 7.11 Å². The lowest BCUT2D eigenvalue weighted by Gasteiger charge is -2.02. The van der Waals surface area contributed by atoms with Crippen LogP contribution in [0, 0.1) is 11.6 Å². The molecule has 1 heterocycles. The first-order valence-electron chi connectivity index (χ1n) is 4.63. The second-order valence-corrected chi connectivity index (χ2v) is 3.33. The number of rotatable bonds is 1. The van der Waals surface area contributed by atoms with Crippen molar-refractivity contribution in [1.29, 1.82) is 0 Å². The van der Waals surface area contributed by atoms with E-state index in [9.17, 15) is 18.4 Å². The van der Waals surface area contributed by atoms with Crippen molar-refractivity contribution in [3.63, 3.8) is 0 Å². The van der Waals surface area contributed by atoms with Gasteiger partial charge in [0, 0.05) is 12.3 Å². The zero-order valence-electron chi connectivity index (χ0n) is 8.71. The van der Waals surface area contributed by atoms with Crippen LogP contribution >= 0.6 is 0 Å². The van der Waals surface area contributed by atoms with Gasteiger partial charge < -0.3 is 9.72 Å². The van der Waals surface area contributed by atoms with E-state index >= 15 is 0 Å². The number of hydrogen-bond donors (Lipinski definition) is 1. The number of aromatic amines is 1. The van der Waals surface area contributed by atoms with Crippen LogP contribution in [0.4, 0.5) is 8.78 Å². The van der Waals surface area contributed by atoms with Gasteiger partial charge in [-0.15, -0.1) is 0 Å². The number of aromatic nitrogens is 1. The van der Waals surface area contributed by atoms with E-state index in [1.54, 1.807) is 0 Å². The summed E-state index contributed by atoms with van der Waals surface area (Å²) in [5.41, 5.74) is -1.22. The fourth-order valence-corrected chi connectivity index (χ4v) is 1.52. The number of pyridine rings is 1. The number of methoxy groups -OCH3 is 1. The summed E-state index contributed by atoms with van der Waals surface area (Å²) < 4.78 is 30.7. The molecule has 1 aromatic carbocycles. The number of fused-ring (bicyclic) bond motifs is 1. The second kappa shape index (κ2) is 3.97. The average molecular weight is 239 g/mol. The van der Waals surface area contributed by atoms with Gasteiger partial charge in [0.2, 0.25) is 5.43 Å². The number of ether oxygens (including phenoxy) is 1. The van der Waals surface area contributed by atoms with E-state index in [1.807, 2.05) is 0 Å². The van der Waals surface area contributed by atoms with Crippen molar-refractivity contribution >= 4 is 16.9 Å². The van der Waals surface area contributed by atoms with E-state index in [1.165, 1.54) is 0 Å². The van der Waals surface area contributed by atoms with E-state index < -0.39 is 23.0 Å². The molecule has 1 aromatic heterocycles. The molecule has 0 saturated carbocycles. The highest BCUT2D eigenvalue weighted by Crippen LogP contribution is 2.15. The van der Waals surface area contributed by atoms with Crippen LogP contribution in [0.3, 0.4) is 0 Å². The third-order valence-corrected chi connectivity index (χ3v) is 2.31. The van der Waals surface area contributed by atoms with Crippen molar-refractivity contribution in [1.82, 2.24) is 4.98 Å². The summed E-state index contributed by atoms with van der Waals surface area (Å²) in [6, 6.07) is 1.51. The molecular formula is C11H7F2NO3. The monoisotopic (exact) mass is 239 g/mol. The van der Waals surface area contributed by atoms with E-state index in [2.05, 4.69) is 9.72 Å². The Hall–Kier alpha value is -2.24. The van der Waals surface area contributed by atoms with Gasteiger partial charge in [-0.3, -0.25) is 4.79 Å². The molecule has 6 heteroatoms. The van der Waals surface area contributed by atoms with Crippen molar-refractivity contribution in [2.45, 2.75) is 0 Å². The van der Waals surface area contributed by atoms with Crippen molar-refractivity contribution < 1.29 is 18.3 Å². The summed E-state index contributed by atoms with van der Waals surface area (Å²) in [6.07, 6.45) is 1.04. The maximum atomic E-state index is 13.3. The van der Waals surface area contributed by atoms with Crippen LogP contribution < -0.4 is 5.43 Å². The minimum Gasteiger partial charge on any atom is -0.465 e. The first-order chi connectivity index (χ1) is 8.04. The van der Waals surface area contributed by atoms with Gasteiger partial charge >= 0.3 is 5.97 Å². The first-order valence-corrected chi connectivity index (χ1v) is 4.63. The summed E-state index contributed by atoms with van der Waals surface area (Å²) in [7, 11) is 1.11. The third-order valence-electron chi connectivity index (χ3n) is 2.31. The van der Waals surface area contributed by atoms with Crippen LogP contribution in [0.5, 0.6) is 0 Å². The second-order valence-electron chi connectivity index (χ2n) is 3.33. The molecule has 4 nitrogen and oxygen atoms in total. The fourth-order valence-electron chi connectivity index (χ4n) is 1.52. The number of carbonyl (C=O) groups is 1. The van der Waals surface area contributed by atoms with Gasteiger partial charge in [0.15, 0.2) is 0 Å². The van der Waals surface area contributed by atoms with Crippen LogP contribution in [0.1, 0.15) is 10.4 Å². The summed E-state index contributed by atoms with van der Waals surface area (Å²) in [4.78, 5) is 25.4. The molecular weight excluding hydrogens is 232 g/mol. The molecule has 0 amide bonds. The zero-order valence-corrected chi connectivity index (χ0v) is 8.71. The number of benzene rings is 1. The van der Waals surface area contributed by atoms with Gasteiger partial charge in [-0.25, -0.2) is 13.6 Å². The molecule has 0 bridgehead atoms. The Morgan fingerprint density at radius 2 is 2.06 bits per heavy atom. The Morgan fingerprint density at radius 3 is 2.71 bits per heavy atom. The highest BCUT2D eigenvalue weighted by molar-refractivity contribution is 5.93. The van der Waals surface area contributed by atoms with Crippen LogP contribution in [0.25, 0.3) is 10.9 Å². The van der Waals surface area contributed by atoms with Crippen molar-refractivity contribution in [3.8, 4) is 0 Å². The quantitative estimate of drug-likeness (QED) is 0.769. The summed E-state index contributed by atoms with van der Waals surface area (Å²) in [6.45, 7) is 0. The summed E-state index contributed by atoms with van der Waals surface area (Å²) in [5.74, 6) is -2.64. The lowest BCUT2D eigenvalue weighted by Crippen LogP contribution is -2.17. The van der Waals surface area contributed by atoms with E-state index in [0.717, 1.165) is 19.4 Å². The minimum absolute atomic E-state index is 0.149. The smallest absolute Gasteiger partial charge is 0.343 e. The van der Waals surface area contributed by atoms with Gasteiger partial charge in [0.25, 0.3) is 0 Å². The Morgan fingerprint density at radius 1 is 1.35 bits per heavy atom. The minimum atomic E-state index is -0.895. The molecule has 0 unspecified atom stereocenters. The first kappa shape index (κ1) is 11.3. The average Bonchev–Trinajstić information content (AvgIpc) is 2.29. The molecule has 0 aliphatic carbocycles. The van der Waals surface area contributed by atoms with Gasteiger partial charge in [-0.1, -0.05) is 0 Å². The van der Waals surface area contributed by atoms with E-state index in [-0.39, 0.29) is 16.5 Å². The number of hydrogen-bond acceptors (Lipinski definition) is 3. The Kier molecular flexibility index (Phi) is 2.63. The molecule has 0 aliphatic heterocycles. The number of nitrogens with one attached hydrogen (secondary N) is 1. The number of H-pyrrole nitrogens is 1. The van der Waals surface area contributed by atoms with E-state index in [0.29, 0.717) is 6.07 Å². The molecule has 1 N–H and O–H groups in total.